The van der Waals surface area contributed by atoms with Crippen LogP contribution in [-0.4, -0.2) is 62.5 Å². The minimum absolute atomic E-state index is 0.0458. The number of hydrogen-bond acceptors (Lipinski definition) is 10. The van der Waals surface area contributed by atoms with E-state index >= 15 is 0 Å². The fourth-order valence-corrected chi connectivity index (χ4v) is 5.07. The number of esters is 4. The van der Waals surface area contributed by atoms with Crippen molar-refractivity contribution in [1.29, 1.82) is 0 Å². The molecule has 0 aromatic carbocycles. The van der Waals surface area contributed by atoms with Crippen molar-refractivity contribution in [2.45, 2.75) is 20.3 Å². The van der Waals surface area contributed by atoms with Gasteiger partial charge in [-0.1, -0.05) is 13.8 Å². The van der Waals surface area contributed by atoms with E-state index in [9.17, 15) is 29.4 Å². The summed E-state index contributed by atoms with van der Waals surface area (Å²) in [6, 6.07) is 0. The van der Waals surface area contributed by atoms with Gasteiger partial charge in [0.05, 0.1) is 39.6 Å². The maximum absolute atomic E-state index is 12.7. The molecular weight excluding hydrogens is 388 g/mol. The van der Waals surface area contributed by atoms with E-state index in [0.717, 1.165) is 28.4 Å². The first kappa shape index (κ1) is 22.3. The zero-order chi connectivity index (χ0) is 22.3. The van der Waals surface area contributed by atoms with E-state index in [1.54, 1.807) is 6.92 Å². The fraction of sp³-hybridized carbons (Fsp3) is 0.579. The van der Waals surface area contributed by atoms with Crippen LogP contribution in [-0.2, 0) is 38.1 Å². The molecule has 0 amide bonds. The van der Waals surface area contributed by atoms with Gasteiger partial charge in [-0.05, 0) is 6.42 Å². The Hall–Kier alpha value is -3.04. The minimum atomic E-state index is -1.77. The molecule has 2 aliphatic carbocycles. The van der Waals surface area contributed by atoms with Crippen molar-refractivity contribution in [1.82, 2.24) is 0 Å². The number of rotatable bonds is 5. The summed E-state index contributed by atoms with van der Waals surface area (Å²) in [6.45, 7) is 2.97. The van der Waals surface area contributed by atoms with E-state index in [1.165, 1.54) is 6.92 Å². The third-order valence-corrected chi connectivity index (χ3v) is 6.23. The maximum atomic E-state index is 12.7. The predicted octanol–water partition coefficient (Wildman–Crippen LogP) is 0.965. The number of aliphatic hydroxyl groups is 2. The lowest BCUT2D eigenvalue weighted by Crippen LogP contribution is -2.49. The molecule has 4 unspecified atom stereocenters. The molecule has 29 heavy (non-hydrogen) atoms. The van der Waals surface area contributed by atoms with Gasteiger partial charge in [0, 0.05) is 10.8 Å². The summed E-state index contributed by atoms with van der Waals surface area (Å²) in [5, 5.41) is 21.8. The number of carbonyl (C=O) groups excluding carboxylic acids is 4. The first-order valence-electron chi connectivity index (χ1n) is 8.76. The molecule has 0 spiro atoms. The maximum Gasteiger partial charge on any atom is 0.337 e. The summed E-state index contributed by atoms with van der Waals surface area (Å²) in [5.41, 5.74) is -4.32. The van der Waals surface area contributed by atoms with Crippen LogP contribution in [0.1, 0.15) is 20.3 Å². The zero-order valence-corrected chi connectivity index (χ0v) is 17.0. The summed E-state index contributed by atoms with van der Waals surface area (Å²) >= 11 is 0. The van der Waals surface area contributed by atoms with E-state index in [2.05, 4.69) is 0 Å². The second kappa shape index (κ2) is 7.41. The van der Waals surface area contributed by atoms with Crippen LogP contribution in [0.3, 0.4) is 0 Å². The summed E-state index contributed by atoms with van der Waals surface area (Å²) in [6.07, 6.45) is -0.0458. The van der Waals surface area contributed by atoms with Crippen molar-refractivity contribution in [3.63, 3.8) is 0 Å². The van der Waals surface area contributed by atoms with Gasteiger partial charge >= 0.3 is 23.9 Å². The molecule has 0 saturated heterocycles. The van der Waals surface area contributed by atoms with Crippen molar-refractivity contribution in [3.05, 3.63) is 22.7 Å². The third-order valence-electron chi connectivity index (χ3n) is 6.23. The molecule has 0 bridgehead atoms. The monoisotopic (exact) mass is 412 g/mol. The highest BCUT2D eigenvalue weighted by atomic mass is 16.5. The molecule has 10 nitrogen and oxygen atoms in total. The van der Waals surface area contributed by atoms with E-state index < -0.39 is 69.2 Å². The quantitative estimate of drug-likeness (QED) is 0.494. The van der Waals surface area contributed by atoms with Gasteiger partial charge in [-0.2, -0.15) is 0 Å². The van der Waals surface area contributed by atoms with Crippen LogP contribution in [0.2, 0.25) is 0 Å². The van der Waals surface area contributed by atoms with E-state index in [-0.39, 0.29) is 6.42 Å². The van der Waals surface area contributed by atoms with Crippen LogP contribution in [0, 0.1) is 22.7 Å². The Morgan fingerprint density at radius 3 is 1.62 bits per heavy atom. The topological polar surface area (TPSA) is 146 Å². The van der Waals surface area contributed by atoms with Gasteiger partial charge in [0.1, 0.15) is 23.4 Å². The summed E-state index contributed by atoms with van der Waals surface area (Å²) in [4.78, 5) is 50.7. The molecule has 2 rings (SSSR count). The highest BCUT2D eigenvalue weighted by molar-refractivity contribution is 6.03. The van der Waals surface area contributed by atoms with Gasteiger partial charge in [-0.3, -0.25) is 9.59 Å². The predicted molar refractivity (Wildman–Crippen MR) is 95.2 cm³/mol. The molecule has 0 aromatic rings. The van der Waals surface area contributed by atoms with Crippen molar-refractivity contribution in [2.75, 3.05) is 28.4 Å². The molecule has 2 aliphatic rings. The van der Waals surface area contributed by atoms with Crippen LogP contribution in [0.15, 0.2) is 22.7 Å². The smallest absolute Gasteiger partial charge is 0.337 e. The summed E-state index contributed by atoms with van der Waals surface area (Å²) in [7, 11) is 4.25. The largest absolute Gasteiger partial charge is 0.511 e. The highest BCUT2D eigenvalue weighted by Crippen LogP contribution is 2.72. The molecule has 2 N–H and O–H groups in total. The molecule has 0 heterocycles. The number of fused-ring (bicyclic) bond motifs is 1. The molecule has 0 aromatic heterocycles. The lowest BCUT2D eigenvalue weighted by molar-refractivity contribution is -0.158. The van der Waals surface area contributed by atoms with Crippen LogP contribution in [0.4, 0.5) is 0 Å². The van der Waals surface area contributed by atoms with Crippen molar-refractivity contribution < 1.29 is 48.3 Å². The molecule has 0 fully saturated rings. The third kappa shape index (κ3) is 2.47. The second-order valence-corrected chi connectivity index (χ2v) is 6.94. The standard InChI is InChI=1S/C19H24O10/c1-7-19-10(16(24)28-5)12(20)8(14(22)26-3)18(19,2)9(15(23)27-4)13(21)11(19)17(25)29-6/h8,11,20-21H,7H2,1-6H3. The van der Waals surface area contributed by atoms with E-state index in [0.29, 0.717) is 0 Å². The van der Waals surface area contributed by atoms with Crippen LogP contribution in [0.25, 0.3) is 0 Å². The summed E-state index contributed by atoms with van der Waals surface area (Å²) in [5.74, 6) is -8.52. The Morgan fingerprint density at radius 1 is 0.793 bits per heavy atom. The van der Waals surface area contributed by atoms with Gasteiger partial charge in [-0.15, -0.1) is 0 Å². The number of ether oxygens (including phenoxy) is 4. The van der Waals surface area contributed by atoms with Gasteiger partial charge in [0.25, 0.3) is 0 Å². The average molecular weight is 412 g/mol. The van der Waals surface area contributed by atoms with Crippen molar-refractivity contribution in [2.24, 2.45) is 22.7 Å². The van der Waals surface area contributed by atoms with Gasteiger partial charge < -0.3 is 29.2 Å². The Kier molecular flexibility index (Phi) is 5.69. The zero-order valence-electron chi connectivity index (χ0n) is 17.0. The molecule has 160 valence electrons. The lowest BCUT2D eigenvalue weighted by Gasteiger charge is -2.43. The molecule has 0 aliphatic heterocycles. The van der Waals surface area contributed by atoms with Gasteiger partial charge in [-0.25, -0.2) is 9.59 Å². The lowest BCUT2D eigenvalue weighted by atomic mass is 9.55. The van der Waals surface area contributed by atoms with Crippen molar-refractivity contribution in [3.8, 4) is 0 Å². The Bertz CT molecular complexity index is 838. The minimum Gasteiger partial charge on any atom is -0.511 e. The Balaban J connectivity index is 3.05. The average Bonchev–Trinajstić information content (AvgIpc) is 3.02. The normalized spacial score (nSPS) is 30.7. The number of aliphatic hydroxyl groups excluding tert-OH is 2. The molecule has 10 heteroatoms. The van der Waals surface area contributed by atoms with Crippen LogP contribution < -0.4 is 0 Å². The Labute approximate surface area is 167 Å². The van der Waals surface area contributed by atoms with Gasteiger partial charge in [0.2, 0.25) is 0 Å². The fourth-order valence-electron chi connectivity index (χ4n) is 5.07. The SMILES string of the molecule is CCC12C(C(=O)OC)=C(O)C(C(=O)OC)C1(C)C(C(=O)OC)=C(O)C2C(=O)OC. The van der Waals surface area contributed by atoms with Crippen molar-refractivity contribution >= 4 is 23.9 Å². The number of methoxy groups -OCH3 is 4. The van der Waals surface area contributed by atoms with Crippen LogP contribution in [0.5, 0.6) is 0 Å². The molecule has 0 radical (unpaired) electrons. The summed E-state index contributed by atoms with van der Waals surface area (Å²) < 4.78 is 19.2. The van der Waals surface area contributed by atoms with Gasteiger partial charge in [0.15, 0.2) is 0 Å². The molecule has 0 saturated carbocycles. The van der Waals surface area contributed by atoms with E-state index in [1.807, 2.05) is 0 Å². The highest BCUT2D eigenvalue weighted by Gasteiger charge is 2.77. The van der Waals surface area contributed by atoms with Crippen LogP contribution >= 0.6 is 0 Å². The first-order valence-corrected chi connectivity index (χ1v) is 8.76. The molecule has 4 atom stereocenters. The first-order chi connectivity index (χ1) is 13.6. The Morgan fingerprint density at radius 2 is 1.21 bits per heavy atom. The second-order valence-electron chi connectivity index (χ2n) is 6.94. The number of carbonyl (C=O) groups is 4. The number of hydrogen-bond donors (Lipinski definition) is 2. The molecular formula is C19H24O10. The van der Waals surface area contributed by atoms with E-state index in [4.69, 9.17) is 18.9 Å².